The van der Waals surface area contributed by atoms with Gasteiger partial charge in [0.2, 0.25) is 0 Å². The van der Waals surface area contributed by atoms with E-state index in [1.165, 1.54) is 6.07 Å². The van der Waals surface area contributed by atoms with Crippen LogP contribution < -0.4 is 5.32 Å². The van der Waals surface area contributed by atoms with Crippen LogP contribution in [-0.4, -0.2) is 22.2 Å². The summed E-state index contributed by atoms with van der Waals surface area (Å²) in [6.45, 7) is 0.00830. The normalized spacial score (nSPS) is 10.9. The van der Waals surface area contributed by atoms with Gasteiger partial charge in [0.05, 0.1) is 11.9 Å². The third kappa shape index (κ3) is 5.24. The number of hydrogen-bond donors (Lipinski definition) is 2. The number of ether oxygens (including phenoxy) is 1. The van der Waals surface area contributed by atoms with Gasteiger partial charge in [0.1, 0.15) is 18.1 Å². The van der Waals surface area contributed by atoms with Crippen molar-refractivity contribution in [3.8, 4) is 0 Å². The predicted molar refractivity (Wildman–Crippen MR) is 79.6 cm³/mol. The number of pyridine rings is 1. The van der Waals surface area contributed by atoms with Gasteiger partial charge in [-0.2, -0.15) is 0 Å². The van der Waals surface area contributed by atoms with Crippen LogP contribution in [0.2, 0.25) is 0 Å². The van der Waals surface area contributed by atoms with Crippen LogP contribution in [0.4, 0.5) is 9.18 Å². The number of rotatable bonds is 5. The van der Waals surface area contributed by atoms with E-state index in [0.29, 0.717) is 0 Å². The molecule has 118 valence electrons. The highest BCUT2D eigenvalue weighted by Gasteiger charge is 2.13. The number of halogens is 1. The van der Waals surface area contributed by atoms with Crippen molar-refractivity contribution in [2.24, 2.45) is 0 Å². The number of nitrogens with zero attached hydrogens (tertiary/aromatic N) is 1. The fourth-order valence-corrected chi connectivity index (χ4v) is 1.64. The summed E-state index contributed by atoms with van der Waals surface area (Å²) < 4.78 is 17.7. The summed E-state index contributed by atoms with van der Waals surface area (Å²) in [7, 11) is 0. The summed E-state index contributed by atoms with van der Waals surface area (Å²) in [4.78, 5) is 26.5. The molecule has 1 heterocycles. The Balaban J connectivity index is 2.00. The molecule has 0 bridgehead atoms. The molecule has 0 spiro atoms. The van der Waals surface area contributed by atoms with Gasteiger partial charge in [0, 0.05) is 0 Å². The molecule has 0 atom stereocenters. The number of carbonyl (C=O) groups is 2. The minimum atomic E-state index is -1.37. The molecule has 0 fully saturated rings. The quantitative estimate of drug-likeness (QED) is 0.828. The van der Waals surface area contributed by atoms with Crippen molar-refractivity contribution in [2.45, 2.75) is 6.61 Å². The number of nitrogens with one attached hydrogen (secondary N) is 1. The largest absolute Gasteiger partial charge is 0.477 e. The highest BCUT2D eigenvalue weighted by molar-refractivity contribution is 5.95. The van der Waals surface area contributed by atoms with Crippen LogP contribution >= 0.6 is 0 Å². The van der Waals surface area contributed by atoms with Crippen molar-refractivity contribution in [1.29, 1.82) is 0 Å². The third-order valence-corrected chi connectivity index (χ3v) is 2.72. The topological polar surface area (TPSA) is 88.5 Å². The first-order valence-corrected chi connectivity index (χ1v) is 6.59. The molecule has 0 aliphatic rings. The molecule has 1 aromatic heterocycles. The summed E-state index contributed by atoms with van der Waals surface area (Å²) in [5, 5.41) is 11.2. The Kier molecular flexibility index (Phi) is 5.40. The summed E-state index contributed by atoms with van der Waals surface area (Å²) in [5.74, 6) is -1.91. The van der Waals surface area contributed by atoms with Crippen molar-refractivity contribution in [3.63, 3.8) is 0 Å². The zero-order chi connectivity index (χ0) is 16.7. The second kappa shape index (κ2) is 7.69. The Labute approximate surface area is 131 Å². The Morgan fingerprint density at radius 3 is 2.57 bits per heavy atom. The standard InChI is InChI=1S/C16H13FN2O4/c17-12-6-7-13(18-9-12)8-14(15(20)21)19-16(22)23-10-11-4-2-1-3-5-11/h1-9H,10H2,(H,19,22)(H,20,21)/b14-8-. The molecule has 0 radical (unpaired) electrons. The van der Waals surface area contributed by atoms with Crippen LogP contribution in [-0.2, 0) is 16.1 Å². The molecule has 6 nitrogen and oxygen atoms in total. The average Bonchev–Trinajstić information content (AvgIpc) is 2.55. The molecule has 0 unspecified atom stereocenters. The summed E-state index contributed by atoms with van der Waals surface area (Å²) in [6.07, 6.45) is 1.13. The summed E-state index contributed by atoms with van der Waals surface area (Å²) in [6, 6.07) is 11.4. The molecule has 0 saturated carbocycles. The number of alkyl carbamates (subject to hydrolysis) is 1. The van der Waals surface area contributed by atoms with Crippen LogP contribution in [0.1, 0.15) is 11.3 Å². The van der Waals surface area contributed by atoms with Gasteiger partial charge in [-0.05, 0) is 23.8 Å². The van der Waals surface area contributed by atoms with E-state index in [2.05, 4.69) is 10.3 Å². The van der Waals surface area contributed by atoms with Crippen molar-refractivity contribution in [3.05, 3.63) is 71.4 Å². The lowest BCUT2D eigenvalue weighted by molar-refractivity contribution is -0.132. The SMILES string of the molecule is O=C(N/C(=C\c1ccc(F)cn1)C(=O)O)OCc1ccccc1. The van der Waals surface area contributed by atoms with Crippen LogP contribution in [0, 0.1) is 5.82 Å². The maximum atomic E-state index is 12.8. The van der Waals surface area contributed by atoms with Crippen LogP contribution in [0.5, 0.6) is 0 Å². The number of hydrogen-bond acceptors (Lipinski definition) is 4. The molecule has 2 N–H and O–H groups in total. The van der Waals surface area contributed by atoms with Crippen molar-refractivity contribution >= 4 is 18.1 Å². The lowest BCUT2D eigenvalue weighted by Crippen LogP contribution is -2.27. The molecular formula is C16H13FN2O4. The van der Waals surface area contributed by atoms with Gasteiger partial charge in [-0.3, -0.25) is 10.3 Å². The monoisotopic (exact) mass is 316 g/mol. The second-order valence-electron chi connectivity index (χ2n) is 4.45. The van der Waals surface area contributed by atoms with Gasteiger partial charge >= 0.3 is 12.1 Å². The molecule has 0 aliphatic carbocycles. The summed E-state index contributed by atoms with van der Waals surface area (Å²) in [5.41, 5.74) is 0.526. The Morgan fingerprint density at radius 1 is 1.22 bits per heavy atom. The minimum absolute atomic E-state index is 0.00830. The van der Waals surface area contributed by atoms with Gasteiger partial charge in [-0.25, -0.2) is 14.0 Å². The molecule has 1 aromatic carbocycles. The molecule has 7 heteroatoms. The Bertz CT molecular complexity index is 715. The number of aromatic nitrogens is 1. The first kappa shape index (κ1) is 16.2. The maximum absolute atomic E-state index is 12.8. The summed E-state index contributed by atoms with van der Waals surface area (Å²) >= 11 is 0. The molecule has 0 aliphatic heterocycles. The van der Waals surface area contributed by atoms with E-state index in [1.54, 1.807) is 24.3 Å². The number of carboxylic acid groups (broad SMARTS) is 1. The predicted octanol–water partition coefficient (Wildman–Crippen LogP) is 2.57. The van der Waals surface area contributed by atoms with Crippen molar-refractivity contribution in [1.82, 2.24) is 10.3 Å². The number of carboxylic acids is 1. The molecule has 2 aromatic rings. The minimum Gasteiger partial charge on any atom is -0.477 e. The first-order valence-electron chi connectivity index (χ1n) is 6.59. The highest BCUT2D eigenvalue weighted by atomic mass is 19.1. The van der Waals surface area contributed by atoms with Crippen molar-refractivity contribution in [2.75, 3.05) is 0 Å². The van der Waals surface area contributed by atoms with E-state index in [4.69, 9.17) is 9.84 Å². The van der Waals surface area contributed by atoms with Gasteiger partial charge in [0.25, 0.3) is 0 Å². The number of benzene rings is 1. The van der Waals surface area contributed by atoms with E-state index >= 15 is 0 Å². The molecular weight excluding hydrogens is 303 g/mol. The van der Waals surface area contributed by atoms with Gasteiger partial charge < -0.3 is 9.84 Å². The molecule has 2 rings (SSSR count). The van der Waals surface area contributed by atoms with Crippen LogP contribution in [0.3, 0.4) is 0 Å². The van der Waals surface area contributed by atoms with Gasteiger partial charge in [-0.15, -0.1) is 0 Å². The number of aliphatic carboxylic acids is 1. The van der Waals surface area contributed by atoms with Gasteiger partial charge in [-0.1, -0.05) is 30.3 Å². The van der Waals surface area contributed by atoms with E-state index in [1.807, 2.05) is 6.07 Å². The zero-order valence-electron chi connectivity index (χ0n) is 11.9. The number of carbonyl (C=O) groups excluding carboxylic acids is 1. The lowest BCUT2D eigenvalue weighted by atomic mass is 10.2. The van der Waals surface area contributed by atoms with Crippen LogP contribution in [0.25, 0.3) is 6.08 Å². The number of amides is 1. The van der Waals surface area contributed by atoms with E-state index in [0.717, 1.165) is 23.9 Å². The third-order valence-electron chi connectivity index (χ3n) is 2.72. The molecule has 0 saturated heterocycles. The van der Waals surface area contributed by atoms with E-state index in [-0.39, 0.29) is 12.3 Å². The highest BCUT2D eigenvalue weighted by Crippen LogP contribution is 2.05. The molecule has 1 amide bonds. The Morgan fingerprint density at radius 2 is 1.96 bits per heavy atom. The maximum Gasteiger partial charge on any atom is 0.412 e. The lowest BCUT2D eigenvalue weighted by Gasteiger charge is -2.07. The average molecular weight is 316 g/mol. The zero-order valence-corrected chi connectivity index (χ0v) is 11.9. The van der Waals surface area contributed by atoms with Crippen molar-refractivity contribution < 1.29 is 23.8 Å². The Hall–Kier alpha value is -3.22. The van der Waals surface area contributed by atoms with Crippen LogP contribution in [0.15, 0.2) is 54.4 Å². The first-order chi connectivity index (χ1) is 11.0. The smallest absolute Gasteiger partial charge is 0.412 e. The fraction of sp³-hybridized carbons (Fsp3) is 0.0625. The second-order valence-corrected chi connectivity index (χ2v) is 4.45. The van der Waals surface area contributed by atoms with Gasteiger partial charge in [0.15, 0.2) is 0 Å². The van der Waals surface area contributed by atoms with E-state index < -0.39 is 23.6 Å². The molecule has 23 heavy (non-hydrogen) atoms. The van der Waals surface area contributed by atoms with E-state index in [9.17, 15) is 14.0 Å². The fourth-order valence-electron chi connectivity index (χ4n) is 1.64.